The number of para-hydroxylation sites is 1. The molecule has 0 saturated heterocycles. The van der Waals surface area contributed by atoms with Gasteiger partial charge in [-0.2, -0.15) is 0 Å². The minimum Gasteiger partial charge on any atom is -0.456 e. The maximum Gasteiger partial charge on any atom is 0.137 e. The summed E-state index contributed by atoms with van der Waals surface area (Å²) in [6, 6.07) is 59.1. The number of fused-ring (bicyclic) bond motifs is 7. The third kappa shape index (κ3) is 4.19. The molecule has 2 heteroatoms. The Bertz CT molecular complexity index is 2690. The topological polar surface area (TPSA) is 18.1 Å². The molecule has 7 aromatic carbocycles. The molecule has 0 bridgehead atoms. The molecule has 226 valence electrons. The molecule has 10 rings (SSSR count). The predicted octanol–water partition coefficient (Wildman–Crippen LogP) is 12.1. The van der Waals surface area contributed by atoms with E-state index < -0.39 is 0 Å². The van der Waals surface area contributed by atoms with Crippen LogP contribution in [-0.4, -0.2) is 4.57 Å². The highest BCUT2D eigenvalue weighted by molar-refractivity contribution is 6.13. The minimum absolute atomic E-state index is 0.314. The van der Waals surface area contributed by atoms with E-state index in [1.165, 1.54) is 66.1 Å². The Hall–Kier alpha value is -6.12. The molecule has 9 aromatic rings. The van der Waals surface area contributed by atoms with Crippen molar-refractivity contribution in [3.8, 4) is 16.8 Å². The van der Waals surface area contributed by atoms with Gasteiger partial charge in [0.1, 0.15) is 11.2 Å². The molecule has 0 radical (unpaired) electrons. The predicted molar refractivity (Wildman–Crippen MR) is 200 cm³/mol. The first-order chi connectivity index (χ1) is 23.8. The number of hydrogen-bond acceptors (Lipinski definition) is 1. The zero-order chi connectivity index (χ0) is 31.6. The first-order valence-corrected chi connectivity index (χ1v) is 16.7. The van der Waals surface area contributed by atoms with Crippen LogP contribution in [0.4, 0.5) is 0 Å². The Morgan fingerprint density at radius 3 is 2.15 bits per heavy atom. The number of furan rings is 1. The van der Waals surface area contributed by atoms with Crippen molar-refractivity contribution < 1.29 is 4.42 Å². The average Bonchev–Trinajstić information content (AvgIpc) is 3.70. The van der Waals surface area contributed by atoms with Gasteiger partial charge in [0.25, 0.3) is 0 Å². The molecule has 1 aliphatic carbocycles. The van der Waals surface area contributed by atoms with Crippen molar-refractivity contribution in [1.82, 2.24) is 4.57 Å². The summed E-state index contributed by atoms with van der Waals surface area (Å²) in [7, 11) is 0. The van der Waals surface area contributed by atoms with Gasteiger partial charge in [0, 0.05) is 39.2 Å². The highest BCUT2D eigenvalue weighted by Gasteiger charge is 2.24. The van der Waals surface area contributed by atoms with Crippen LogP contribution in [0.5, 0.6) is 0 Å². The van der Waals surface area contributed by atoms with E-state index in [4.69, 9.17) is 4.42 Å². The second kappa shape index (κ2) is 10.7. The van der Waals surface area contributed by atoms with Gasteiger partial charge in [-0.1, -0.05) is 127 Å². The normalized spacial score (nSPS) is 14.5. The maximum atomic E-state index is 6.68. The quantitative estimate of drug-likeness (QED) is 0.193. The standard InChI is InChI=1S/C46H31NO/c1-3-12-30(13-4-1)32-22-25-43-41(27-32)37-18-9-10-20-42(37)47(43)35-23-24-39-45(29-35)48-44-21-11-19-38(46(39)44)40-28-34(31-14-5-2-6-15-31)26-33-16-7-8-17-36(33)40/h1-25,27-29,34H,26H2. The summed E-state index contributed by atoms with van der Waals surface area (Å²) < 4.78 is 9.05. The molecule has 0 spiro atoms. The van der Waals surface area contributed by atoms with Crippen LogP contribution in [0, 0.1) is 0 Å². The molecule has 0 N–H and O–H groups in total. The van der Waals surface area contributed by atoms with E-state index in [-0.39, 0.29) is 0 Å². The fraction of sp³-hybridized carbons (Fsp3) is 0.0435. The highest BCUT2D eigenvalue weighted by Crippen LogP contribution is 2.43. The van der Waals surface area contributed by atoms with Crippen molar-refractivity contribution in [1.29, 1.82) is 0 Å². The van der Waals surface area contributed by atoms with E-state index in [0.717, 1.165) is 28.7 Å². The van der Waals surface area contributed by atoms with E-state index in [0.29, 0.717) is 5.92 Å². The summed E-state index contributed by atoms with van der Waals surface area (Å²) in [5.74, 6) is 0.314. The van der Waals surface area contributed by atoms with Gasteiger partial charge in [-0.3, -0.25) is 0 Å². The number of rotatable bonds is 4. The third-order valence-electron chi connectivity index (χ3n) is 10.2. The lowest BCUT2D eigenvalue weighted by atomic mass is 9.78. The molecular formula is C46H31NO. The fourth-order valence-electron chi connectivity index (χ4n) is 7.94. The van der Waals surface area contributed by atoms with E-state index in [9.17, 15) is 0 Å². The molecule has 1 unspecified atom stereocenters. The van der Waals surface area contributed by atoms with E-state index in [2.05, 4.69) is 174 Å². The Labute approximate surface area is 278 Å². The molecule has 2 aromatic heterocycles. The average molecular weight is 614 g/mol. The summed E-state index contributed by atoms with van der Waals surface area (Å²) in [6.45, 7) is 0. The van der Waals surface area contributed by atoms with Gasteiger partial charge in [0.2, 0.25) is 0 Å². The summed E-state index contributed by atoms with van der Waals surface area (Å²) in [6.07, 6.45) is 3.47. The van der Waals surface area contributed by atoms with Gasteiger partial charge in [0.15, 0.2) is 0 Å². The van der Waals surface area contributed by atoms with E-state index >= 15 is 0 Å². The zero-order valence-corrected chi connectivity index (χ0v) is 26.3. The molecule has 0 fully saturated rings. The lowest BCUT2D eigenvalue weighted by molar-refractivity contribution is 0.668. The molecule has 2 heterocycles. The van der Waals surface area contributed by atoms with Gasteiger partial charge in [0.05, 0.1) is 11.0 Å². The lowest BCUT2D eigenvalue weighted by Crippen LogP contribution is -2.09. The molecule has 0 saturated carbocycles. The van der Waals surface area contributed by atoms with Gasteiger partial charge in [-0.05, 0) is 81.8 Å². The number of nitrogens with zero attached hydrogens (tertiary/aromatic N) is 1. The Kier molecular flexibility index (Phi) is 6.04. The third-order valence-corrected chi connectivity index (χ3v) is 10.2. The maximum absolute atomic E-state index is 6.68. The van der Waals surface area contributed by atoms with Gasteiger partial charge >= 0.3 is 0 Å². The Morgan fingerprint density at radius 2 is 1.25 bits per heavy atom. The van der Waals surface area contributed by atoms with Crippen LogP contribution < -0.4 is 0 Å². The SMILES string of the molecule is C1=C(c2cccc3oc4cc(-n5c6ccccc6c6cc(-c7ccccc7)ccc65)ccc4c23)c2ccccc2CC1c1ccccc1. The van der Waals surface area contributed by atoms with Crippen LogP contribution >= 0.6 is 0 Å². The second-order valence-corrected chi connectivity index (χ2v) is 12.9. The number of hydrogen-bond donors (Lipinski definition) is 0. The van der Waals surface area contributed by atoms with Crippen molar-refractivity contribution in [3.05, 3.63) is 192 Å². The van der Waals surface area contributed by atoms with Crippen LogP contribution in [0.3, 0.4) is 0 Å². The first kappa shape index (κ1) is 27.0. The largest absolute Gasteiger partial charge is 0.456 e. The van der Waals surface area contributed by atoms with Crippen molar-refractivity contribution in [2.75, 3.05) is 0 Å². The molecule has 0 aliphatic heterocycles. The zero-order valence-electron chi connectivity index (χ0n) is 26.3. The van der Waals surface area contributed by atoms with E-state index in [1.807, 2.05) is 0 Å². The Balaban J connectivity index is 1.15. The number of allylic oxidation sites excluding steroid dienone is 1. The molecule has 48 heavy (non-hydrogen) atoms. The van der Waals surface area contributed by atoms with E-state index in [1.54, 1.807) is 0 Å². The summed E-state index contributed by atoms with van der Waals surface area (Å²) in [5.41, 5.74) is 14.3. The molecular weight excluding hydrogens is 583 g/mol. The Morgan fingerprint density at radius 1 is 0.500 bits per heavy atom. The van der Waals surface area contributed by atoms with Gasteiger partial charge < -0.3 is 8.98 Å². The number of benzene rings is 7. The lowest BCUT2D eigenvalue weighted by Gasteiger charge is -2.25. The van der Waals surface area contributed by atoms with Gasteiger partial charge in [-0.15, -0.1) is 0 Å². The van der Waals surface area contributed by atoms with Crippen LogP contribution in [0.2, 0.25) is 0 Å². The van der Waals surface area contributed by atoms with Gasteiger partial charge in [-0.25, -0.2) is 0 Å². The summed E-state index contributed by atoms with van der Waals surface area (Å²) >= 11 is 0. The van der Waals surface area contributed by atoms with Crippen molar-refractivity contribution in [2.24, 2.45) is 0 Å². The monoisotopic (exact) mass is 613 g/mol. The van der Waals surface area contributed by atoms with Crippen LogP contribution in [0.25, 0.3) is 66.1 Å². The molecule has 2 nitrogen and oxygen atoms in total. The molecule has 0 amide bonds. The highest BCUT2D eigenvalue weighted by atomic mass is 16.3. The van der Waals surface area contributed by atoms with Crippen LogP contribution in [0.15, 0.2) is 174 Å². The number of aromatic nitrogens is 1. The smallest absolute Gasteiger partial charge is 0.137 e. The summed E-state index contributed by atoms with van der Waals surface area (Å²) in [5, 5.41) is 4.79. The first-order valence-electron chi connectivity index (χ1n) is 16.7. The second-order valence-electron chi connectivity index (χ2n) is 12.9. The van der Waals surface area contributed by atoms with Crippen molar-refractivity contribution in [2.45, 2.75) is 12.3 Å². The van der Waals surface area contributed by atoms with Crippen LogP contribution in [0.1, 0.15) is 28.2 Å². The molecule has 1 atom stereocenters. The minimum atomic E-state index is 0.314. The fourth-order valence-corrected chi connectivity index (χ4v) is 7.94. The molecule has 1 aliphatic rings. The van der Waals surface area contributed by atoms with Crippen LogP contribution in [-0.2, 0) is 6.42 Å². The van der Waals surface area contributed by atoms with Crippen molar-refractivity contribution in [3.63, 3.8) is 0 Å². The summed E-state index contributed by atoms with van der Waals surface area (Å²) in [4.78, 5) is 0. The van der Waals surface area contributed by atoms with Crippen molar-refractivity contribution >= 4 is 49.3 Å².